The fraction of sp³-hybridized carbons (Fsp3) is 0.533. The SMILES string of the molecule is O=C(c1ccc(Cl)cc1Cl)N1CCC2(CCNC2)CC1. The molecule has 2 fully saturated rings. The lowest BCUT2D eigenvalue weighted by molar-refractivity contribution is 0.0608. The molecular weight excluding hydrogens is 295 g/mol. The number of rotatable bonds is 1. The number of carbonyl (C=O) groups is 1. The van der Waals surface area contributed by atoms with Crippen molar-refractivity contribution in [1.82, 2.24) is 10.2 Å². The molecule has 108 valence electrons. The maximum Gasteiger partial charge on any atom is 0.255 e. The maximum absolute atomic E-state index is 12.5. The van der Waals surface area contributed by atoms with Crippen LogP contribution in [0.1, 0.15) is 29.6 Å². The summed E-state index contributed by atoms with van der Waals surface area (Å²) in [6, 6.07) is 5.06. The van der Waals surface area contributed by atoms with Gasteiger partial charge in [0, 0.05) is 24.7 Å². The molecule has 0 radical (unpaired) electrons. The molecule has 3 nitrogen and oxygen atoms in total. The van der Waals surface area contributed by atoms with E-state index in [1.165, 1.54) is 6.42 Å². The van der Waals surface area contributed by atoms with Gasteiger partial charge in [-0.05, 0) is 49.4 Å². The largest absolute Gasteiger partial charge is 0.339 e. The fourth-order valence-electron chi connectivity index (χ4n) is 3.24. The fourth-order valence-corrected chi connectivity index (χ4v) is 3.73. The van der Waals surface area contributed by atoms with Crippen LogP contribution in [0.3, 0.4) is 0 Å². The Kier molecular flexibility index (Phi) is 3.93. The van der Waals surface area contributed by atoms with E-state index in [1.54, 1.807) is 18.2 Å². The average Bonchev–Trinajstić information content (AvgIpc) is 2.87. The molecule has 0 bridgehead atoms. The Morgan fingerprint density at radius 1 is 1.20 bits per heavy atom. The van der Waals surface area contributed by atoms with Crippen molar-refractivity contribution in [1.29, 1.82) is 0 Å². The molecule has 2 aliphatic heterocycles. The Bertz CT molecular complexity index is 517. The first-order chi connectivity index (χ1) is 9.60. The van der Waals surface area contributed by atoms with Crippen LogP contribution in [0.5, 0.6) is 0 Å². The van der Waals surface area contributed by atoms with Crippen LogP contribution in [0, 0.1) is 5.41 Å². The third-order valence-electron chi connectivity index (χ3n) is 4.60. The number of hydrogen-bond acceptors (Lipinski definition) is 2. The van der Waals surface area contributed by atoms with Crippen LogP contribution in [0.25, 0.3) is 0 Å². The Morgan fingerprint density at radius 2 is 1.95 bits per heavy atom. The van der Waals surface area contributed by atoms with Crippen molar-refractivity contribution < 1.29 is 4.79 Å². The van der Waals surface area contributed by atoms with E-state index in [0.717, 1.165) is 39.0 Å². The monoisotopic (exact) mass is 312 g/mol. The number of benzene rings is 1. The zero-order valence-corrected chi connectivity index (χ0v) is 12.8. The van der Waals surface area contributed by atoms with Crippen molar-refractivity contribution in [3.63, 3.8) is 0 Å². The number of nitrogens with one attached hydrogen (secondary N) is 1. The molecule has 1 aromatic carbocycles. The summed E-state index contributed by atoms with van der Waals surface area (Å²) < 4.78 is 0. The quantitative estimate of drug-likeness (QED) is 0.863. The molecule has 2 heterocycles. The van der Waals surface area contributed by atoms with Gasteiger partial charge in [-0.25, -0.2) is 0 Å². The Hall–Kier alpha value is -0.770. The zero-order chi connectivity index (χ0) is 14.2. The predicted molar refractivity (Wildman–Crippen MR) is 81.5 cm³/mol. The van der Waals surface area contributed by atoms with Gasteiger partial charge in [-0.3, -0.25) is 4.79 Å². The number of halogens is 2. The van der Waals surface area contributed by atoms with Gasteiger partial charge in [-0.15, -0.1) is 0 Å². The van der Waals surface area contributed by atoms with Crippen molar-refractivity contribution in [3.05, 3.63) is 33.8 Å². The molecular formula is C15H18Cl2N2O. The molecule has 1 aromatic rings. The van der Waals surface area contributed by atoms with Gasteiger partial charge in [0.1, 0.15) is 0 Å². The van der Waals surface area contributed by atoms with Crippen LogP contribution in [0.15, 0.2) is 18.2 Å². The minimum absolute atomic E-state index is 0.0208. The van der Waals surface area contributed by atoms with Crippen LogP contribution < -0.4 is 5.32 Å². The van der Waals surface area contributed by atoms with E-state index in [1.807, 2.05) is 4.90 Å². The van der Waals surface area contributed by atoms with Gasteiger partial charge in [-0.2, -0.15) is 0 Å². The molecule has 5 heteroatoms. The van der Waals surface area contributed by atoms with Crippen molar-refractivity contribution >= 4 is 29.1 Å². The highest BCUT2D eigenvalue weighted by molar-refractivity contribution is 6.36. The molecule has 2 aliphatic rings. The van der Waals surface area contributed by atoms with E-state index in [-0.39, 0.29) is 5.91 Å². The van der Waals surface area contributed by atoms with Gasteiger partial charge in [0.2, 0.25) is 0 Å². The normalized spacial score (nSPS) is 21.4. The molecule has 0 aliphatic carbocycles. The van der Waals surface area contributed by atoms with Gasteiger partial charge in [0.05, 0.1) is 10.6 Å². The van der Waals surface area contributed by atoms with Crippen LogP contribution in [0.4, 0.5) is 0 Å². The second-order valence-corrected chi connectivity index (χ2v) is 6.69. The minimum atomic E-state index is 0.0208. The lowest BCUT2D eigenvalue weighted by atomic mass is 9.78. The standard InChI is InChI=1S/C15H18Cl2N2O/c16-11-1-2-12(13(17)9-11)14(20)19-7-4-15(5-8-19)3-6-18-10-15/h1-2,9,18H,3-8,10H2. The highest BCUT2D eigenvalue weighted by Gasteiger charge is 2.38. The van der Waals surface area contributed by atoms with E-state index >= 15 is 0 Å². The zero-order valence-electron chi connectivity index (χ0n) is 11.3. The number of amides is 1. The minimum Gasteiger partial charge on any atom is -0.339 e. The summed E-state index contributed by atoms with van der Waals surface area (Å²) in [4.78, 5) is 14.4. The highest BCUT2D eigenvalue weighted by atomic mass is 35.5. The van der Waals surface area contributed by atoms with E-state index in [2.05, 4.69) is 5.32 Å². The number of piperidine rings is 1. The lowest BCUT2D eigenvalue weighted by Crippen LogP contribution is -2.44. The number of hydrogen-bond donors (Lipinski definition) is 1. The predicted octanol–water partition coefficient (Wildman–Crippen LogP) is 3.21. The molecule has 1 spiro atoms. The highest BCUT2D eigenvalue weighted by Crippen LogP contribution is 2.37. The summed E-state index contributed by atoms with van der Waals surface area (Å²) in [7, 11) is 0. The molecule has 0 saturated carbocycles. The Morgan fingerprint density at radius 3 is 2.55 bits per heavy atom. The second kappa shape index (κ2) is 5.55. The number of likely N-dealkylation sites (tertiary alicyclic amines) is 1. The molecule has 20 heavy (non-hydrogen) atoms. The summed E-state index contributed by atoms with van der Waals surface area (Å²) in [6.07, 6.45) is 3.39. The first-order valence-electron chi connectivity index (χ1n) is 7.05. The lowest BCUT2D eigenvalue weighted by Gasteiger charge is -2.39. The van der Waals surface area contributed by atoms with Gasteiger partial charge in [0.25, 0.3) is 5.91 Å². The van der Waals surface area contributed by atoms with Crippen molar-refractivity contribution in [2.24, 2.45) is 5.41 Å². The Balaban J connectivity index is 1.69. The number of carbonyl (C=O) groups excluding carboxylic acids is 1. The smallest absolute Gasteiger partial charge is 0.255 e. The molecule has 3 rings (SSSR count). The summed E-state index contributed by atoms with van der Waals surface area (Å²) in [5, 5.41) is 4.43. The molecule has 0 aromatic heterocycles. The van der Waals surface area contributed by atoms with Crippen molar-refractivity contribution in [3.8, 4) is 0 Å². The van der Waals surface area contributed by atoms with Gasteiger partial charge in [0.15, 0.2) is 0 Å². The summed E-state index contributed by atoms with van der Waals surface area (Å²) >= 11 is 12.0. The first-order valence-corrected chi connectivity index (χ1v) is 7.80. The summed E-state index contributed by atoms with van der Waals surface area (Å²) in [6.45, 7) is 3.84. The van der Waals surface area contributed by atoms with E-state index < -0.39 is 0 Å². The maximum atomic E-state index is 12.5. The van der Waals surface area contributed by atoms with Crippen LogP contribution in [-0.4, -0.2) is 37.0 Å². The number of nitrogens with zero attached hydrogens (tertiary/aromatic N) is 1. The van der Waals surface area contributed by atoms with E-state index in [9.17, 15) is 4.79 Å². The van der Waals surface area contributed by atoms with Crippen molar-refractivity contribution in [2.75, 3.05) is 26.2 Å². The van der Waals surface area contributed by atoms with E-state index in [0.29, 0.717) is 21.0 Å². The molecule has 0 atom stereocenters. The van der Waals surface area contributed by atoms with E-state index in [4.69, 9.17) is 23.2 Å². The molecule has 1 amide bonds. The summed E-state index contributed by atoms with van der Waals surface area (Å²) in [5.41, 5.74) is 0.970. The summed E-state index contributed by atoms with van der Waals surface area (Å²) in [5.74, 6) is 0.0208. The van der Waals surface area contributed by atoms with Gasteiger partial charge < -0.3 is 10.2 Å². The van der Waals surface area contributed by atoms with Gasteiger partial charge >= 0.3 is 0 Å². The van der Waals surface area contributed by atoms with Crippen LogP contribution in [-0.2, 0) is 0 Å². The Labute approximate surface area is 129 Å². The van der Waals surface area contributed by atoms with Crippen LogP contribution >= 0.6 is 23.2 Å². The first kappa shape index (κ1) is 14.2. The van der Waals surface area contributed by atoms with Crippen LogP contribution in [0.2, 0.25) is 10.0 Å². The second-order valence-electron chi connectivity index (χ2n) is 5.84. The molecule has 0 unspecified atom stereocenters. The van der Waals surface area contributed by atoms with Crippen molar-refractivity contribution in [2.45, 2.75) is 19.3 Å². The van der Waals surface area contributed by atoms with Gasteiger partial charge in [-0.1, -0.05) is 23.2 Å². The third kappa shape index (κ3) is 2.67. The molecule has 1 N–H and O–H groups in total. The third-order valence-corrected chi connectivity index (χ3v) is 5.15. The topological polar surface area (TPSA) is 32.3 Å². The molecule has 2 saturated heterocycles. The average molecular weight is 313 g/mol.